The van der Waals surface area contributed by atoms with Gasteiger partial charge in [0.25, 0.3) is 10.0 Å². The fourth-order valence-electron chi connectivity index (χ4n) is 2.75. The number of rotatable bonds is 5. The summed E-state index contributed by atoms with van der Waals surface area (Å²) in [6.45, 7) is 4.03. The predicted molar refractivity (Wildman–Crippen MR) is 107 cm³/mol. The molecule has 0 saturated carbocycles. The molecule has 1 aromatic heterocycles. The molecule has 4 rings (SSSR count). The van der Waals surface area contributed by atoms with E-state index in [9.17, 15) is 8.42 Å². The normalized spacial score (nSPS) is 12.6. The lowest BCUT2D eigenvalue weighted by Crippen LogP contribution is -2.14. The highest BCUT2D eigenvalue weighted by Gasteiger charge is 2.16. The minimum atomic E-state index is -3.69. The lowest BCUT2D eigenvalue weighted by Gasteiger charge is -2.10. The standard InChI is InChI=1S/C20H19N3O4S/c1-13-3-6-17(9-14(13)2)28(24,25)23-20-8-5-16(11-21-20)22-15-4-7-18-19(10-15)27-12-26-18/h3-11,22H,12H2,1-2H3,(H,21,23). The number of aryl methyl sites for hydroxylation is 2. The van der Waals surface area contributed by atoms with Crippen LogP contribution in [-0.4, -0.2) is 20.2 Å². The monoisotopic (exact) mass is 397 g/mol. The van der Waals surface area contributed by atoms with Gasteiger partial charge in [0.2, 0.25) is 6.79 Å². The summed E-state index contributed by atoms with van der Waals surface area (Å²) in [6, 6.07) is 13.9. The number of aromatic nitrogens is 1. The Morgan fingerprint density at radius 1 is 0.893 bits per heavy atom. The molecule has 2 N–H and O–H groups in total. The summed E-state index contributed by atoms with van der Waals surface area (Å²) < 4.78 is 38.3. The Kier molecular flexibility index (Phi) is 4.56. The van der Waals surface area contributed by atoms with Crippen LogP contribution in [0.15, 0.2) is 59.6 Å². The topological polar surface area (TPSA) is 89.6 Å². The Bertz CT molecular complexity index is 1130. The molecule has 144 valence electrons. The molecule has 0 bridgehead atoms. The number of hydrogen-bond donors (Lipinski definition) is 2. The Balaban J connectivity index is 1.47. The molecular formula is C20H19N3O4S. The van der Waals surface area contributed by atoms with Crippen LogP contribution in [0, 0.1) is 13.8 Å². The third-order valence-corrected chi connectivity index (χ3v) is 5.80. The third-order valence-electron chi connectivity index (χ3n) is 4.45. The Morgan fingerprint density at radius 3 is 2.43 bits per heavy atom. The van der Waals surface area contributed by atoms with E-state index in [1.54, 1.807) is 36.5 Å². The summed E-state index contributed by atoms with van der Waals surface area (Å²) in [7, 11) is -3.69. The zero-order valence-electron chi connectivity index (χ0n) is 15.4. The van der Waals surface area contributed by atoms with Crippen molar-refractivity contribution in [1.82, 2.24) is 4.98 Å². The van der Waals surface area contributed by atoms with Gasteiger partial charge in [0, 0.05) is 11.8 Å². The van der Waals surface area contributed by atoms with Gasteiger partial charge < -0.3 is 14.8 Å². The predicted octanol–water partition coefficient (Wildman–Crippen LogP) is 3.97. The van der Waals surface area contributed by atoms with Crippen LogP contribution < -0.4 is 19.5 Å². The fourth-order valence-corrected chi connectivity index (χ4v) is 3.84. The van der Waals surface area contributed by atoms with Crippen LogP contribution in [0.25, 0.3) is 0 Å². The van der Waals surface area contributed by atoms with Gasteiger partial charge in [-0.1, -0.05) is 6.07 Å². The van der Waals surface area contributed by atoms with E-state index >= 15 is 0 Å². The summed E-state index contributed by atoms with van der Waals surface area (Å²) in [6.07, 6.45) is 1.56. The van der Waals surface area contributed by atoms with Gasteiger partial charge in [0.1, 0.15) is 5.82 Å². The molecule has 0 atom stereocenters. The van der Waals surface area contributed by atoms with Crippen molar-refractivity contribution >= 4 is 27.2 Å². The van der Waals surface area contributed by atoms with E-state index in [2.05, 4.69) is 15.0 Å². The lowest BCUT2D eigenvalue weighted by atomic mass is 10.1. The van der Waals surface area contributed by atoms with E-state index in [4.69, 9.17) is 9.47 Å². The molecule has 0 fully saturated rings. The molecule has 8 heteroatoms. The first kappa shape index (κ1) is 18.1. The number of nitrogens with one attached hydrogen (secondary N) is 2. The maximum Gasteiger partial charge on any atom is 0.263 e. The first-order valence-electron chi connectivity index (χ1n) is 8.63. The maximum atomic E-state index is 12.6. The highest BCUT2D eigenvalue weighted by Crippen LogP contribution is 2.35. The van der Waals surface area contributed by atoms with Gasteiger partial charge in [0.05, 0.1) is 16.8 Å². The Labute approximate surface area is 163 Å². The average Bonchev–Trinajstić information content (AvgIpc) is 3.13. The Hall–Kier alpha value is -3.26. The largest absolute Gasteiger partial charge is 0.454 e. The van der Waals surface area contributed by atoms with Crippen LogP contribution >= 0.6 is 0 Å². The van der Waals surface area contributed by atoms with Gasteiger partial charge in [-0.25, -0.2) is 13.4 Å². The number of nitrogens with zero attached hydrogens (tertiary/aromatic N) is 1. The summed E-state index contributed by atoms with van der Waals surface area (Å²) >= 11 is 0. The van der Waals surface area contributed by atoms with Gasteiger partial charge in [-0.3, -0.25) is 4.72 Å². The number of fused-ring (bicyclic) bond motifs is 1. The smallest absolute Gasteiger partial charge is 0.263 e. The summed E-state index contributed by atoms with van der Waals surface area (Å²) in [5, 5.41) is 3.19. The van der Waals surface area contributed by atoms with E-state index in [1.807, 2.05) is 32.0 Å². The second kappa shape index (κ2) is 7.05. The first-order chi connectivity index (χ1) is 13.4. The number of pyridine rings is 1. The molecule has 3 aromatic rings. The number of benzene rings is 2. The Morgan fingerprint density at radius 2 is 1.68 bits per heavy atom. The summed E-state index contributed by atoms with van der Waals surface area (Å²) in [4.78, 5) is 4.40. The van der Waals surface area contributed by atoms with Crippen molar-refractivity contribution < 1.29 is 17.9 Å². The quantitative estimate of drug-likeness (QED) is 0.677. The highest BCUT2D eigenvalue weighted by molar-refractivity contribution is 7.92. The van der Waals surface area contributed by atoms with Gasteiger partial charge in [-0.15, -0.1) is 0 Å². The van der Waals surface area contributed by atoms with Gasteiger partial charge >= 0.3 is 0 Å². The number of anilines is 3. The van der Waals surface area contributed by atoms with Gasteiger partial charge in [0.15, 0.2) is 11.5 Å². The summed E-state index contributed by atoms with van der Waals surface area (Å²) in [5.74, 6) is 1.63. The van der Waals surface area contributed by atoms with Crippen LogP contribution in [0.3, 0.4) is 0 Å². The minimum Gasteiger partial charge on any atom is -0.454 e. The SMILES string of the molecule is Cc1ccc(S(=O)(=O)Nc2ccc(Nc3ccc4c(c3)OCO4)cn2)cc1C. The molecule has 2 aromatic carbocycles. The molecule has 0 radical (unpaired) electrons. The number of hydrogen-bond acceptors (Lipinski definition) is 6. The van der Waals surface area contributed by atoms with Crippen molar-refractivity contribution in [3.8, 4) is 11.5 Å². The van der Waals surface area contributed by atoms with Crippen LogP contribution in [0.4, 0.5) is 17.2 Å². The molecule has 0 unspecified atom stereocenters. The molecule has 2 heterocycles. The molecule has 1 aliphatic rings. The van der Waals surface area contributed by atoms with Crippen molar-refractivity contribution in [3.05, 3.63) is 65.9 Å². The molecule has 0 saturated heterocycles. The van der Waals surface area contributed by atoms with Crippen LogP contribution in [0.2, 0.25) is 0 Å². The zero-order chi connectivity index (χ0) is 19.7. The summed E-state index contributed by atoms with van der Waals surface area (Å²) in [5.41, 5.74) is 3.48. The molecule has 0 aliphatic carbocycles. The van der Waals surface area contributed by atoms with E-state index in [-0.39, 0.29) is 17.5 Å². The molecule has 0 amide bonds. The van der Waals surface area contributed by atoms with Crippen molar-refractivity contribution in [2.45, 2.75) is 18.7 Å². The van der Waals surface area contributed by atoms with Gasteiger partial charge in [-0.2, -0.15) is 0 Å². The van der Waals surface area contributed by atoms with E-state index in [0.29, 0.717) is 17.2 Å². The van der Waals surface area contributed by atoms with Gasteiger partial charge in [-0.05, 0) is 61.4 Å². The van der Waals surface area contributed by atoms with Crippen LogP contribution in [0.5, 0.6) is 11.5 Å². The van der Waals surface area contributed by atoms with Crippen molar-refractivity contribution in [1.29, 1.82) is 0 Å². The van der Waals surface area contributed by atoms with Crippen LogP contribution in [-0.2, 0) is 10.0 Å². The molecule has 7 nitrogen and oxygen atoms in total. The van der Waals surface area contributed by atoms with Crippen molar-refractivity contribution in [2.24, 2.45) is 0 Å². The van der Waals surface area contributed by atoms with E-state index in [1.165, 1.54) is 0 Å². The number of sulfonamides is 1. The van der Waals surface area contributed by atoms with Crippen LogP contribution in [0.1, 0.15) is 11.1 Å². The third kappa shape index (κ3) is 3.72. The molecule has 28 heavy (non-hydrogen) atoms. The molecular weight excluding hydrogens is 378 g/mol. The fraction of sp³-hybridized carbons (Fsp3) is 0.150. The van der Waals surface area contributed by atoms with Crippen molar-refractivity contribution in [2.75, 3.05) is 16.8 Å². The highest BCUT2D eigenvalue weighted by atomic mass is 32.2. The zero-order valence-corrected chi connectivity index (χ0v) is 16.2. The second-order valence-electron chi connectivity index (χ2n) is 6.48. The van der Waals surface area contributed by atoms with E-state index < -0.39 is 10.0 Å². The first-order valence-corrected chi connectivity index (χ1v) is 10.1. The average molecular weight is 397 g/mol. The lowest BCUT2D eigenvalue weighted by molar-refractivity contribution is 0.174. The maximum absolute atomic E-state index is 12.6. The van der Waals surface area contributed by atoms with Crippen molar-refractivity contribution in [3.63, 3.8) is 0 Å². The van der Waals surface area contributed by atoms with E-state index in [0.717, 1.165) is 16.8 Å². The number of ether oxygens (including phenoxy) is 2. The minimum absolute atomic E-state index is 0.208. The second-order valence-corrected chi connectivity index (χ2v) is 8.16. The molecule has 0 spiro atoms. The molecule has 1 aliphatic heterocycles.